The van der Waals surface area contributed by atoms with E-state index in [0.29, 0.717) is 11.3 Å². The molecule has 1 saturated carbocycles. The molecule has 1 unspecified atom stereocenters. The summed E-state index contributed by atoms with van der Waals surface area (Å²) < 4.78 is 40.4. The predicted molar refractivity (Wildman–Crippen MR) is 158 cm³/mol. The minimum Gasteiger partial charge on any atom is -0.447 e. The van der Waals surface area contributed by atoms with Gasteiger partial charge < -0.3 is 14.6 Å². The number of nitrogens with one attached hydrogen (secondary N) is 3. The molecule has 1 aromatic carbocycles. The Hall–Kier alpha value is -2.09. The van der Waals surface area contributed by atoms with Gasteiger partial charge in [0, 0.05) is 34.9 Å². The van der Waals surface area contributed by atoms with Crippen LogP contribution in [0.15, 0.2) is 29.3 Å². The van der Waals surface area contributed by atoms with Crippen molar-refractivity contribution in [2.75, 3.05) is 5.32 Å². The third-order valence-corrected chi connectivity index (χ3v) is 9.00. The highest BCUT2D eigenvalue weighted by Gasteiger charge is 2.29. The van der Waals surface area contributed by atoms with Crippen LogP contribution in [0.25, 0.3) is 10.4 Å². The van der Waals surface area contributed by atoms with Crippen molar-refractivity contribution in [3.05, 3.63) is 29.4 Å². The van der Waals surface area contributed by atoms with Crippen molar-refractivity contribution in [1.29, 1.82) is 0 Å². The summed E-state index contributed by atoms with van der Waals surface area (Å²) in [5.41, 5.74) is -0.313. The van der Waals surface area contributed by atoms with Gasteiger partial charge in [-0.05, 0) is 93.2 Å². The Morgan fingerprint density at radius 1 is 1.10 bits per heavy atom. The number of aliphatic hydroxyl groups is 1. The van der Waals surface area contributed by atoms with E-state index >= 15 is 0 Å². The number of aliphatic hydroxyl groups excluding tert-OH is 1. The smallest absolute Gasteiger partial charge is 0.411 e. The average Bonchev–Trinajstić information content (AvgIpc) is 3.26. The van der Waals surface area contributed by atoms with Gasteiger partial charge in [0.2, 0.25) is 16.4 Å². The maximum atomic E-state index is 13.5. The van der Waals surface area contributed by atoms with E-state index in [2.05, 4.69) is 20.3 Å². The number of amides is 1. The van der Waals surface area contributed by atoms with Gasteiger partial charge in [-0.15, -0.1) is 11.3 Å². The Labute approximate surface area is 242 Å². The van der Waals surface area contributed by atoms with E-state index in [1.165, 1.54) is 17.4 Å². The molecule has 1 aliphatic carbocycles. The molecule has 2 aromatic rings. The SMILES string of the molecule is CC(C)OC(=O)Nc1ccc(-c2cnc([C@H]3CC[C@H](NC(O)OC(C)(C)C)CC3)s2)c(S(=O)(=O)NC(C)(C)C)c1. The summed E-state index contributed by atoms with van der Waals surface area (Å²) in [5, 5.41) is 16.9. The molecule has 3 rings (SSSR count). The first-order valence-electron chi connectivity index (χ1n) is 13.7. The van der Waals surface area contributed by atoms with Crippen molar-refractivity contribution in [2.24, 2.45) is 0 Å². The molecule has 40 heavy (non-hydrogen) atoms. The van der Waals surface area contributed by atoms with Crippen LogP contribution < -0.4 is 15.4 Å². The van der Waals surface area contributed by atoms with Crippen LogP contribution in [0, 0.1) is 0 Å². The number of aromatic nitrogens is 1. The summed E-state index contributed by atoms with van der Waals surface area (Å²) in [5.74, 6) is 0.247. The lowest BCUT2D eigenvalue weighted by Crippen LogP contribution is -2.44. The first kappa shape index (κ1) is 32.4. The molecule has 1 amide bonds. The van der Waals surface area contributed by atoms with E-state index in [9.17, 15) is 18.3 Å². The van der Waals surface area contributed by atoms with Crippen molar-refractivity contribution >= 4 is 33.1 Å². The standard InChI is InChI=1S/C28H44N4O6S2/c1-17(2)37-25(33)31-20-13-14-21(23(15-20)40(35,36)32-27(3,4)5)22-16-29-24(39-22)18-9-11-19(12-10-18)30-26(34)38-28(6,7)8/h13-19,26,30,32,34H,9-12H2,1-8H3,(H,31,33)/t18-,19-,26?. The number of carbonyl (C=O) groups excluding carboxylic acids is 1. The molecule has 1 heterocycles. The molecule has 12 heteroatoms. The first-order chi connectivity index (χ1) is 18.4. The lowest BCUT2D eigenvalue weighted by atomic mass is 9.86. The zero-order valence-corrected chi connectivity index (χ0v) is 26.3. The van der Waals surface area contributed by atoms with Crippen molar-refractivity contribution in [1.82, 2.24) is 15.0 Å². The predicted octanol–water partition coefficient (Wildman–Crippen LogP) is 5.55. The molecule has 0 spiro atoms. The molecule has 1 atom stereocenters. The fourth-order valence-electron chi connectivity index (χ4n) is 4.52. The molecule has 0 bridgehead atoms. The van der Waals surface area contributed by atoms with E-state index in [1.54, 1.807) is 52.9 Å². The maximum Gasteiger partial charge on any atom is 0.411 e. The second kappa shape index (κ2) is 12.8. The lowest BCUT2D eigenvalue weighted by molar-refractivity contribution is -0.186. The quantitative estimate of drug-likeness (QED) is 0.276. The summed E-state index contributed by atoms with van der Waals surface area (Å²) in [6.07, 6.45) is 3.26. The van der Waals surface area contributed by atoms with Gasteiger partial charge in [0.05, 0.1) is 26.5 Å². The van der Waals surface area contributed by atoms with Crippen LogP contribution in [-0.4, -0.2) is 54.3 Å². The summed E-state index contributed by atoms with van der Waals surface area (Å²) in [6, 6.07) is 4.95. The Balaban J connectivity index is 1.80. The van der Waals surface area contributed by atoms with Gasteiger partial charge in [0.25, 0.3) is 0 Å². The van der Waals surface area contributed by atoms with Crippen LogP contribution >= 0.6 is 11.3 Å². The third kappa shape index (κ3) is 9.78. The number of carbonyl (C=O) groups is 1. The van der Waals surface area contributed by atoms with E-state index in [0.717, 1.165) is 35.6 Å². The maximum absolute atomic E-state index is 13.5. The highest BCUT2D eigenvalue weighted by atomic mass is 32.2. The number of benzene rings is 1. The van der Waals surface area contributed by atoms with Crippen LogP contribution in [0.4, 0.5) is 10.5 Å². The number of ether oxygens (including phenoxy) is 2. The highest BCUT2D eigenvalue weighted by molar-refractivity contribution is 7.89. The van der Waals surface area contributed by atoms with Crippen molar-refractivity contribution < 1.29 is 27.8 Å². The Kier molecular flexibility index (Phi) is 10.4. The van der Waals surface area contributed by atoms with Gasteiger partial charge in [0.15, 0.2) is 0 Å². The fourth-order valence-corrected chi connectivity index (χ4v) is 7.38. The van der Waals surface area contributed by atoms with Crippen LogP contribution in [-0.2, 0) is 19.5 Å². The first-order valence-corrected chi connectivity index (χ1v) is 16.0. The summed E-state index contributed by atoms with van der Waals surface area (Å²) in [4.78, 5) is 17.6. The minimum atomic E-state index is -3.93. The van der Waals surface area contributed by atoms with Gasteiger partial charge in [0.1, 0.15) is 0 Å². The number of hydrogen-bond donors (Lipinski definition) is 4. The van der Waals surface area contributed by atoms with E-state index < -0.39 is 33.7 Å². The van der Waals surface area contributed by atoms with Crippen LogP contribution in [0.3, 0.4) is 0 Å². The summed E-state index contributed by atoms with van der Waals surface area (Å²) >= 11 is 1.48. The van der Waals surface area contributed by atoms with Crippen molar-refractivity contribution in [3.8, 4) is 10.4 Å². The molecular formula is C28H44N4O6S2. The molecule has 0 radical (unpaired) electrons. The number of rotatable bonds is 9. The fraction of sp³-hybridized carbons (Fsp3) is 0.643. The zero-order chi connectivity index (χ0) is 29.9. The topological polar surface area (TPSA) is 139 Å². The van der Waals surface area contributed by atoms with Gasteiger partial charge in [-0.3, -0.25) is 10.6 Å². The molecular weight excluding hydrogens is 552 g/mol. The largest absolute Gasteiger partial charge is 0.447 e. The Morgan fingerprint density at radius 2 is 1.75 bits per heavy atom. The second-order valence-corrected chi connectivity index (χ2v) is 15.2. The zero-order valence-electron chi connectivity index (χ0n) is 24.7. The number of thiazole rings is 1. The molecule has 224 valence electrons. The minimum absolute atomic E-state index is 0.0562. The molecule has 1 fully saturated rings. The van der Waals surface area contributed by atoms with Gasteiger partial charge in [-0.1, -0.05) is 6.07 Å². The lowest BCUT2D eigenvalue weighted by Gasteiger charge is -2.32. The average molecular weight is 597 g/mol. The Bertz CT molecular complexity index is 1260. The Morgan fingerprint density at radius 3 is 2.33 bits per heavy atom. The monoisotopic (exact) mass is 596 g/mol. The van der Waals surface area contributed by atoms with Gasteiger partial charge in [-0.25, -0.2) is 22.9 Å². The number of nitrogens with zero attached hydrogens (tertiary/aromatic N) is 1. The third-order valence-electron chi connectivity index (χ3n) is 6.01. The summed E-state index contributed by atoms with van der Waals surface area (Å²) in [6.45, 7) is 14.5. The number of anilines is 1. The summed E-state index contributed by atoms with van der Waals surface area (Å²) in [7, 11) is -3.93. The van der Waals surface area contributed by atoms with Gasteiger partial charge >= 0.3 is 6.09 Å². The van der Waals surface area contributed by atoms with Crippen molar-refractivity contribution in [3.63, 3.8) is 0 Å². The van der Waals surface area contributed by atoms with Gasteiger partial charge in [-0.2, -0.15) is 0 Å². The van der Waals surface area contributed by atoms with Crippen LogP contribution in [0.5, 0.6) is 0 Å². The number of sulfonamides is 1. The van der Waals surface area contributed by atoms with E-state index in [1.807, 2.05) is 20.8 Å². The molecule has 10 nitrogen and oxygen atoms in total. The van der Waals surface area contributed by atoms with Crippen molar-refractivity contribution in [2.45, 2.75) is 122 Å². The number of hydrogen-bond acceptors (Lipinski definition) is 9. The highest BCUT2D eigenvalue weighted by Crippen LogP contribution is 2.40. The van der Waals surface area contributed by atoms with Crippen LogP contribution in [0.1, 0.15) is 92.0 Å². The molecule has 1 aromatic heterocycles. The molecule has 4 N–H and O–H groups in total. The molecule has 1 aliphatic rings. The van der Waals surface area contributed by atoms with E-state index in [4.69, 9.17) is 9.47 Å². The molecule has 0 aliphatic heterocycles. The van der Waals surface area contributed by atoms with Crippen LogP contribution in [0.2, 0.25) is 0 Å². The normalized spacial score (nSPS) is 19.4. The van der Waals surface area contributed by atoms with E-state index in [-0.39, 0.29) is 23.0 Å². The molecule has 0 saturated heterocycles. The second-order valence-electron chi connectivity index (χ2n) is 12.5.